The van der Waals surface area contributed by atoms with E-state index in [0.29, 0.717) is 113 Å². The van der Waals surface area contributed by atoms with Gasteiger partial charge in [0.25, 0.3) is 5.91 Å². The summed E-state index contributed by atoms with van der Waals surface area (Å²) in [6.45, 7) is 8.75. The molecule has 2 aliphatic rings. The maximum Gasteiger partial charge on any atom is 0.251 e. The van der Waals surface area contributed by atoms with Crippen LogP contribution in [-0.2, 0) is 39.7 Å². The Hall–Kier alpha value is -4.67. The molecule has 1 saturated carbocycles. The highest BCUT2D eigenvalue weighted by Gasteiger charge is 2.46. The lowest BCUT2D eigenvalue weighted by atomic mass is 9.84. The van der Waals surface area contributed by atoms with Gasteiger partial charge in [0.15, 0.2) is 0 Å². The van der Waals surface area contributed by atoms with E-state index in [1.54, 1.807) is 19.2 Å². The van der Waals surface area contributed by atoms with E-state index in [1.165, 1.54) is 0 Å². The molecule has 15 heteroatoms. The molecule has 5 N–H and O–H groups in total. The number of fused-ring (bicyclic) bond motifs is 1. The third-order valence-corrected chi connectivity index (χ3v) is 10.4. The molecule has 2 heterocycles. The first-order valence-corrected chi connectivity index (χ1v) is 20.5. The Bertz CT molecular complexity index is 1730. The summed E-state index contributed by atoms with van der Waals surface area (Å²) in [4.78, 5) is 52.3. The Balaban J connectivity index is 1.25. The van der Waals surface area contributed by atoms with Crippen molar-refractivity contribution in [2.75, 3.05) is 90.3 Å². The quantitative estimate of drug-likeness (QED) is 0.0758. The van der Waals surface area contributed by atoms with E-state index in [0.717, 1.165) is 36.8 Å². The van der Waals surface area contributed by atoms with Crippen LogP contribution in [0.15, 0.2) is 54.6 Å². The first-order valence-electron chi connectivity index (χ1n) is 20.5. The van der Waals surface area contributed by atoms with Crippen molar-refractivity contribution in [1.82, 2.24) is 25.9 Å². The highest BCUT2D eigenvalue weighted by atomic mass is 16.6. The molecule has 2 aromatic carbocycles. The number of carbonyl (C=O) groups excluding carboxylic acids is 3. The number of hydrogen-bond donors (Lipinski definition) is 4. The van der Waals surface area contributed by atoms with Crippen LogP contribution in [0.25, 0.3) is 11.1 Å². The van der Waals surface area contributed by atoms with Gasteiger partial charge in [0.1, 0.15) is 17.7 Å². The van der Waals surface area contributed by atoms with Gasteiger partial charge in [-0.15, -0.1) is 0 Å². The summed E-state index contributed by atoms with van der Waals surface area (Å²) in [5.74, 6) is 0.605. The number of amides is 3. The number of nitrogens with zero attached hydrogens (tertiary/aromatic N) is 3. The van der Waals surface area contributed by atoms with Crippen molar-refractivity contribution in [3.63, 3.8) is 0 Å². The van der Waals surface area contributed by atoms with Crippen LogP contribution in [0.2, 0.25) is 0 Å². The predicted octanol–water partition coefficient (Wildman–Crippen LogP) is 3.86. The summed E-state index contributed by atoms with van der Waals surface area (Å²) in [5.41, 5.74) is 9.53. The first-order chi connectivity index (χ1) is 28.3. The van der Waals surface area contributed by atoms with E-state index < -0.39 is 12.1 Å². The number of aromatic nitrogens is 2. The minimum absolute atomic E-state index is 0.0779. The van der Waals surface area contributed by atoms with E-state index in [9.17, 15) is 14.4 Å². The third kappa shape index (κ3) is 13.4. The molecule has 3 amide bonds. The zero-order chi connectivity index (χ0) is 41.1. The number of nitrogens with one attached hydrogen (secondary N) is 3. The smallest absolute Gasteiger partial charge is 0.251 e. The summed E-state index contributed by atoms with van der Waals surface area (Å²) in [7, 11) is 1.60. The van der Waals surface area contributed by atoms with Crippen molar-refractivity contribution in [1.29, 1.82) is 0 Å². The fraction of sp³-hybridized carbons (Fsp3) is 0.558. The molecule has 15 nitrogen and oxygen atoms in total. The minimum atomic E-state index is -0.538. The lowest BCUT2D eigenvalue weighted by molar-refractivity contribution is -0.122. The molecular formula is C43H61N7O8. The highest BCUT2D eigenvalue weighted by molar-refractivity contribution is 5.95. The van der Waals surface area contributed by atoms with E-state index in [2.05, 4.69) is 20.9 Å². The van der Waals surface area contributed by atoms with Gasteiger partial charge in [0.2, 0.25) is 11.8 Å². The maximum absolute atomic E-state index is 13.7. The molecule has 0 spiro atoms. The van der Waals surface area contributed by atoms with E-state index >= 15 is 0 Å². The second-order valence-electron chi connectivity index (χ2n) is 14.6. The Morgan fingerprint density at radius 3 is 2.10 bits per heavy atom. The van der Waals surface area contributed by atoms with Crippen LogP contribution in [-0.4, -0.2) is 119 Å². The van der Waals surface area contributed by atoms with Crippen LogP contribution >= 0.6 is 0 Å². The van der Waals surface area contributed by atoms with Crippen molar-refractivity contribution in [2.24, 2.45) is 5.92 Å². The standard InChI is InChI=1S/C43H61N7O8/c1-4-55-21-22-57-25-26-58-24-23-56-20-18-45-41(51)29-39-48-36(30(2)47-42(52)33-11-9-31(10-12-33)32-13-15-35(44)16-14-32)28-40(49-39)50-37-8-6-5-7-34(37)27-38(50)43(53)46-17-19-54-3/h9-16,28,30,34,37-38H,4-8,17-27,29,44H2,1-3H3,(H,45,51)(H,46,53)(H,47,52)/t30?,34?,37-,38-/m0/s1. The number of carbonyl (C=O) groups is 3. The van der Waals surface area contributed by atoms with Crippen LogP contribution in [0, 0.1) is 5.92 Å². The fourth-order valence-electron chi connectivity index (χ4n) is 7.47. The Morgan fingerprint density at radius 1 is 0.810 bits per heavy atom. The lowest BCUT2D eigenvalue weighted by Crippen LogP contribution is -2.48. The summed E-state index contributed by atoms with van der Waals surface area (Å²) in [5, 5.41) is 9.02. The van der Waals surface area contributed by atoms with E-state index in [1.807, 2.05) is 56.3 Å². The zero-order valence-electron chi connectivity index (χ0n) is 34.2. The number of rotatable bonds is 24. The number of ether oxygens (including phenoxy) is 5. The Labute approximate surface area is 342 Å². The number of anilines is 2. The molecule has 0 radical (unpaired) electrons. The van der Waals surface area contributed by atoms with Gasteiger partial charge in [0, 0.05) is 50.2 Å². The monoisotopic (exact) mass is 803 g/mol. The van der Waals surface area contributed by atoms with Crippen LogP contribution in [0.5, 0.6) is 0 Å². The third-order valence-electron chi connectivity index (χ3n) is 10.4. The van der Waals surface area contributed by atoms with E-state index in [4.69, 9.17) is 39.4 Å². The number of nitrogens with two attached hydrogens (primary N) is 1. The number of benzene rings is 2. The molecule has 58 heavy (non-hydrogen) atoms. The molecular weight excluding hydrogens is 743 g/mol. The van der Waals surface area contributed by atoms with Gasteiger partial charge < -0.3 is 50.3 Å². The molecule has 1 aliphatic heterocycles. The number of hydrogen-bond acceptors (Lipinski definition) is 12. The maximum atomic E-state index is 13.7. The SMILES string of the molecule is CCOCCOCCOCCOCCNC(=O)Cc1nc(C(C)NC(=O)c2ccc(-c3ccc(N)cc3)cc2)cc(N2[C@H](C(=O)NCCOC)CC3CCCC[C@@H]32)n1. The first kappa shape index (κ1) is 44.4. The summed E-state index contributed by atoms with van der Waals surface area (Å²) < 4.78 is 27.0. The molecule has 0 bridgehead atoms. The average molecular weight is 804 g/mol. The van der Waals surface area contributed by atoms with Crippen molar-refractivity contribution in [3.05, 3.63) is 71.7 Å². The number of methoxy groups -OCH3 is 1. The molecule has 2 unspecified atom stereocenters. The topological polar surface area (TPSA) is 188 Å². The second kappa shape index (κ2) is 23.7. The minimum Gasteiger partial charge on any atom is -0.399 e. The number of nitrogen functional groups attached to an aromatic ring is 1. The predicted molar refractivity (Wildman–Crippen MR) is 221 cm³/mol. The van der Waals surface area contributed by atoms with Crippen LogP contribution in [0.3, 0.4) is 0 Å². The Kier molecular flexibility index (Phi) is 18.1. The molecule has 4 atom stereocenters. The molecule has 2 fully saturated rings. The average Bonchev–Trinajstić information content (AvgIpc) is 3.63. The molecule has 1 aliphatic carbocycles. The van der Waals surface area contributed by atoms with Crippen LogP contribution < -0.4 is 26.6 Å². The zero-order valence-corrected chi connectivity index (χ0v) is 34.2. The van der Waals surface area contributed by atoms with Gasteiger partial charge in [-0.05, 0) is 74.4 Å². The Morgan fingerprint density at radius 2 is 1.43 bits per heavy atom. The van der Waals surface area contributed by atoms with Gasteiger partial charge in [-0.25, -0.2) is 9.97 Å². The molecule has 1 aromatic heterocycles. The van der Waals surface area contributed by atoms with Crippen LogP contribution in [0.1, 0.15) is 73.9 Å². The lowest BCUT2D eigenvalue weighted by Gasteiger charge is -2.35. The summed E-state index contributed by atoms with van der Waals surface area (Å²) >= 11 is 0. The van der Waals surface area contributed by atoms with Crippen molar-refractivity contribution >= 4 is 29.2 Å². The van der Waals surface area contributed by atoms with Gasteiger partial charge >= 0.3 is 0 Å². The summed E-state index contributed by atoms with van der Waals surface area (Å²) in [6.07, 6.45) is 4.78. The molecule has 5 rings (SSSR count). The second-order valence-corrected chi connectivity index (χ2v) is 14.6. The van der Waals surface area contributed by atoms with Crippen molar-refractivity contribution in [2.45, 2.75) is 70.5 Å². The van der Waals surface area contributed by atoms with Gasteiger partial charge in [-0.1, -0.05) is 37.1 Å². The van der Waals surface area contributed by atoms with Gasteiger partial charge in [-0.2, -0.15) is 0 Å². The van der Waals surface area contributed by atoms with Crippen molar-refractivity contribution in [3.8, 4) is 11.1 Å². The largest absolute Gasteiger partial charge is 0.399 e. The molecule has 3 aromatic rings. The summed E-state index contributed by atoms with van der Waals surface area (Å²) in [6, 6.07) is 15.9. The van der Waals surface area contributed by atoms with Crippen LogP contribution in [0.4, 0.5) is 11.5 Å². The van der Waals surface area contributed by atoms with Gasteiger partial charge in [0.05, 0.1) is 71.0 Å². The van der Waals surface area contributed by atoms with E-state index in [-0.39, 0.29) is 30.2 Å². The highest BCUT2D eigenvalue weighted by Crippen LogP contribution is 2.42. The normalized spacial score (nSPS) is 18.1. The van der Waals surface area contributed by atoms with Crippen molar-refractivity contribution < 1.29 is 38.1 Å². The molecule has 316 valence electrons. The van der Waals surface area contributed by atoms with Gasteiger partial charge in [-0.3, -0.25) is 14.4 Å². The molecule has 1 saturated heterocycles. The fourth-order valence-corrected chi connectivity index (χ4v) is 7.47.